The van der Waals surface area contributed by atoms with Gasteiger partial charge in [0.25, 0.3) is 5.91 Å². The molecular formula is C23H13BrCl3NO2S2. The lowest BCUT2D eigenvalue weighted by molar-refractivity contribution is -0.113. The van der Waals surface area contributed by atoms with Crippen molar-refractivity contribution in [3.8, 4) is 5.75 Å². The summed E-state index contributed by atoms with van der Waals surface area (Å²) >= 11 is 28.5. The Bertz CT molecular complexity index is 1270. The highest BCUT2D eigenvalue weighted by Gasteiger charge is 2.33. The second-order valence-electron chi connectivity index (χ2n) is 6.68. The Hall–Kier alpha value is -1.54. The first-order valence-electron chi connectivity index (χ1n) is 9.22. The summed E-state index contributed by atoms with van der Waals surface area (Å²) in [5, 5.41) is 1.39. The standard InChI is InChI=1S/C23H13BrCl3NO2S2/c24-15-5-8-20(30-12-13-3-1-2-4-17(13)25)14(9-15)10-21-22(29)28(23(31)32-21)16-6-7-18(26)19(27)11-16/h1-11H,12H2/b21-10-. The van der Waals surface area contributed by atoms with Gasteiger partial charge in [0.1, 0.15) is 12.4 Å². The monoisotopic (exact) mass is 583 g/mol. The number of carbonyl (C=O) groups excluding carboxylic acids is 1. The number of ether oxygens (including phenoxy) is 1. The van der Waals surface area contributed by atoms with Gasteiger partial charge in [-0.05, 0) is 48.5 Å². The van der Waals surface area contributed by atoms with Crippen LogP contribution in [0.4, 0.5) is 5.69 Å². The van der Waals surface area contributed by atoms with E-state index in [9.17, 15) is 4.79 Å². The number of rotatable bonds is 5. The van der Waals surface area contributed by atoms with Crippen LogP contribution in [0.3, 0.4) is 0 Å². The first-order valence-corrected chi connectivity index (χ1v) is 12.4. The Kier molecular flexibility index (Phi) is 7.50. The van der Waals surface area contributed by atoms with Crippen molar-refractivity contribution >= 4 is 96.7 Å². The molecule has 3 aromatic carbocycles. The summed E-state index contributed by atoms with van der Waals surface area (Å²) in [5.74, 6) is 0.378. The fraction of sp³-hybridized carbons (Fsp3) is 0.0435. The third-order valence-corrected chi connectivity index (χ3v) is 7.46. The Balaban J connectivity index is 1.62. The molecule has 1 fully saturated rings. The minimum atomic E-state index is -0.240. The van der Waals surface area contributed by atoms with Crippen molar-refractivity contribution < 1.29 is 9.53 Å². The summed E-state index contributed by atoms with van der Waals surface area (Å²) in [5.41, 5.74) is 2.17. The molecule has 0 N–H and O–H groups in total. The van der Waals surface area contributed by atoms with Crippen LogP contribution in [0.2, 0.25) is 15.1 Å². The third kappa shape index (κ3) is 5.16. The number of nitrogens with zero attached hydrogens (tertiary/aromatic N) is 1. The number of hydrogen-bond donors (Lipinski definition) is 0. The number of thiocarbonyl (C=S) groups is 1. The molecule has 0 unspecified atom stereocenters. The maximum absolute atomic E-state index is 13.1. The van der Waals surface area contributed by atoms with Gasteiger partial charge in [0, 0.05) is 20.6 Å². The number of thioether (sulfide) groups is 1. The molecule has 3 nitrogen and oxygen atoms in total. The minimum Gasteiger partial charge on any atom is -0.488 e. The average Bonchev–Trinajstić information content (AvgIpc) is 3.03. The Morgan fingerprint density at radius 1 is 1.00 bits per heavy atom. The van der Waals surface area contributed by atoms with E-state index in [4.69, 9.17) is 51.8 Å². The summed E-state index contributed by atoms with van der Waals surface area (Å²) in [6.07, 6.45) is 1.77. The van der Waals surface area contributed by atoms with Gasteiger partial charge < -0.3 is 4.74 Å². The van der Waals surface area contributed by atoms with Crippen LogP contribution in [0.5, 0.6) is 5.75 Å². The Morgan fingerprint density at radius 3 is 2.53 bits per heavy atom. The second kappa shape index (κ2) is 10.2. The van der Waals surface area contributed by atoms with E-state index in [-0.39, 0.29) is 5.91 Å². The van der Waals surface area contributed by atoms with E-state index in [1.54, 1.807) is 24.3 Å². The van der Waals surface area contributed by atoms with Crippen LogP contribution in [0, 0.1) is 0 Å². The van der Waals surface area contributed by atoms with Crippen molar-refractivity contribution in [2.24, 2.45) is 0 Å². The van der Waals surface area contributed by atoms with Crippen molar-refractivity contribution in [2.75, 3.05) is 4.90 Å². The molecule has 0 saturated carbocycles. The lowest BCUT2D eigenvalue weighted by atomic mass is 10.1. The van der Waals surface area contributed by atoms with E-state index in [1.807, 2.05) is 42.5 Å². The SMILES string of the molecule is O=C1/C(=C/c2cc(Br)ccc2OCc2ccccc2Cl)SC(=S)N1c1ccc(Cl)c(Cl)c1. The molecule has 0 aliphatic carbocycles. The van der Waals surface area contributed by atoms with Crippen molar-refractivity contribution in [1.82, 2.24) is 0 Å². The van der Waals surface area contributed by atoms with Gasteiger partial charge in [0.15, 0.2) is 4.32 Å². The van der Waals surface area contributed by atoms with E-state index in [2.05, 4.69) is 15.9 Å². The van der Waals surface area contributed by atoms with Crippen LogP contribution in [0.25, 0.3) is 6.08 Å². The molecule has 1 heterocycles. The normalized spacial score (nSPS) is 15.0. The number of hydrogen-bond acceptors (Lipinski definition) is 4. The van der Waals surface area contributed by atoms with Crippen LogP contribution in [-0.4, -0.2) is 10.2 Å². The Labute approximate surface area is 218 Å². The molecule has 162 valence electrons. The molecule has 32 heavy (non-hydrogen) atoms. The largest absolute Gasteiger partial charge is 0.488 e. The summed E-state index contributed by atoms with van der Waals surface area (Å²) < 4.78 is 7.29. The topological polar surface area (TPSA) is 29.5 Å². The van der Waals surface area contributed by atoms with E-state index in [0.29, 0.717) is 42.3 Å². The van der Waals surface area contributed by atoms with Gasteiger partial charge in [-0.25, -0.2) is 0 Å². The van der Waals surface area contributed by atoms with Crippen LogP contribution < -0.4 is 9.64 Å². The molecular weight excluding hydrogens is 573 g/mol. The highest BCUT2D eigenvalue weighted by Crippen LogP contribution is 2.39. The van der Waals surface area contributed by atoms with Crippen molar-refractivity contribution in [1.29, 1.82) is 0 Å². The molecule has 1 aliphatic rings. The van der Waals surface area contributed by atoms with E-state index < -0.39 is 0 Å². The summed E-state index contributed by atoms with van der Waals surface area (Å²) in [6, 6.07) is 18.1. The molecule has 0 spiro atoms. The van der Waals surface area contributed by atoms with Gasteiger partial charge in [-0.1, -0.05) is 92.9 Å². The molecule has 0 bridgehead atoms. The molecule has 9 heteroatoms. The number of amides is 1. The zero-order chi connectivity index (χ0) is 22.8. The van der Waals surface area contributed by atoms with Crippen molar-refractivity contribution in [2.45, 2.75) is 6.61 Å². The lowest BCUT2D eigenvalue weighted by Gasteiger charge is -2.15. The minimum absolute atomic E-state index is 0.240. The molecule has 3 aromatic rings. The van der Waals surface area contributed by atoms with Crippen molar-refractivity contribution in [3.05, 3.63) is 96.2 Å². The maximum Gasteiger partial charge on any atom is 0.270 e. The fourth-order valence-corrected chi connectivity index (χ4v) is 5.14. The smallest absolute Gasteiger partial charge is 0.270 e. The predicted molar refractivity (Wildman–Crippen MR) is 142 cm³/mol. The highest BCUT2D eigenvalue weighted by molar-refractivity contribution is 9.10. The molecule has 1 amide bonds. The molecule has 0 atom stereocenters. The number of carbonyl (C=O) groups is 1. The van der Waals surface area contributed by atoms with E-state index >= 15 is 0 Å². The zero-order valence-electron chi connectivity index (χ0n) is 16.2. The number of anilines is 1. The van der Waals surface area contributed by atoms with Crippen LogP contribution >= 0.6 is 74.7 Å². The molecule has 4 rings (SSSR count). The summed E-state index contributed by atoms with van der Waals surface area (Å²) in [7, 11) is 0. The number of benzene rings is 3. The third-order valence-electron chi connectivity index (χ3n) is 4.55. The second-order valence-corrected chi connectivity index (χ2v) is 10.5. The van der Waals surface area contributed by atoms with Crippen molar-refractivity contribution in [3.63, 3.8) is 0 Å². The predicted octanol–water partition coefficient (Wildman–Crippen LogP) is 8.39. The lowest BCUT2D eigenvalue weighted by Crippen LogP contribution is -2.27. The van der Waals surface area contributed by atoms with Gasteiger partial charge in [-0.2, -0.15) is 0 Å². The zero-order valence-corrected chi connectivity index (χ0v) is 21.6. The fourth-order valence-electron chi connectivity index (χ4n) is 2.99. The van der Waals surface area contributed by atoms with E-state index in [1.165, 1.54) is 16.7 Å². The summed E-state index contributed by atoms with van der Waals surface area (Å²) in [6.45, 7) is 0.298. The quantitative estimate of drug-likeness (QED) is 0.222. The van der Waals surface area contributed by atoms with Gasteiger partial charge in [0.05, 0.1) is 20.6 Å². The van der Waals surface area contributed by atoms with Gasteiger partial charge >= 0.3 is 0 Å². The van der Waals surface area contributed by atoms with Crippen LogP contribution in [-0.2, 0) is 11.4 Å². The average molecular weight is 586 g/mol. The van der Waals surface area contributed by atoms with Gasteiger partial charge in [0.2, 0.25) is 0 Å². The summed E-state index contributed by atoms with van der Waals surface area (Å²) in [4.78, 5) is 15.1. The molecule has 1 aliphatic heterocycles. The van der Waals surface area contributed by atoms with Crippen LogP contribution in [0.15, 0.2) is 70.0 Å². The van der Waals surface area contributed by atoms with Gasteiger partial charge in [-0.15, -0.1) is 0 Å². The molecule has 0 aromatic heterocycles. The molecule has 0 radical (unpaired) electrons. The maximum atomic E-state index is 13.1. The number of halogens is 4. The Morgan fingerprint density at radius 2 is 1.78 bits per heavy atom. The first-order chi connectivity index (χ1) is 15.3. The first kappa shape index (κ1) is 23.6. The highest BCUT2D eigenvalue weighted by atomic mass is 79.9. The van der Waals surface area contributed by atoms with Gasteiger partial charge in [-0.3, -0.25) is 9.69 Å². The molecule has 1 saturated heterocycles. The van der Waals surface area contributed by atoms with E-state index in [0.717, 1.165) is 15.6 Å². The van der Waals surface area contributed by atoms with Crippen LogP contribution in [0.1, 0.15) is 11.1 Å².